The molecule has 1 aliphatic heterocycles. The van der Waals surface area contributed by atoms with Crippen LogP contribution >= 0.6 is 0 Å². The summed E-state index contributed by atoms with van der Waals surface area (Å²) in [6.45, 7) is 2.11. The first kappa shape index (κ1) is 18.6. The molecule has 1 amide bonds. The molecule has 3 aromatic rings. The second-order valence-electron chi connectivity index (χ2n) is 7.08. The van der Waals surface area contributed by atoms with Gasteiger partial charge in [-0.15, -0.1) is 0 Å². The van der Waals surface area contributed by atoms with Gasteiger partial charge in [-0.05, 0) is 60.2 Å². The number of anilines is 2. The van der Waals surface area contributed by atoms with Crippen LogP contribution in [0.3, 0.4) is 0 Å². The predicted molar refractivity (Wildman–Crippen MR) is 116 cm³/mol. The van der Waals surface area contributed by atoms with E-state index in [-0.39, 0.29) is 11.3 Å². The average Bonchev–Trinajstić information content (AvgIpc) is 3.28. The van der Waals surface area contributed by atoms with Crippen LogP contribution in [0.1, 0.15) is 18.4 Å². The number of carbonyl (C=O) groups excluding carboxylic acids is 1. The van der Waals surface area contributed by atoms with Crippen LogP contribution in [0.25, 0.3) is 16.8 Å². The van der Waals surface area contributed by atoms with Gasteiger partial charge in [0, 0.05) is 29.9 Å². The molecule has 0 atom stereocenters. The molecule has 1 aliphatic rings. The minimum atomic E-state index is -0.481. The Labute approximate surface area is 169 Å². The lowest BCUT2D eigenvalue weighted by molar-refractivity contribution is -0.112. The van der Waals surface area contributed by atoms with E-state index in [0.29, 0.717) is 5.69 Å². The maximum absolute atomic E-state index is 12.6. The number of amides is 1. The first-order valence-corrected chi connectivity index (χ1v) is 9.64. The highest BCUT2D eigenvalue weighted by Crippen LogP contribution is 2.32. The number of fused-ring (bicyclic) bond motifs is 1. The van der Waals surface area contributed by atoms with Crippen LogP contribution in [0.4, 0.5) is 11.4 Å². The second kappa shape index (κ2) is 8.07. The number of carbonyl (C=O) groups is 1. The molecular weight excluding hydrogens is 362 g/mol. The molecule has 0 aromatic heterocycles. The molecule has 29 heavy (non-hydrogen) atoms. The summed E-state index contributed by atoms with van der Waals surface area (Å²) in [5.41, 5.74) is 2.57. The van der Waals surface area contributed by atoms with Crippen molar-refractivity contribution < 1.29 is 9.90 Å². The van der Waals surface area contributed by atoms with Crippen molar-refractivity contribution in [3.05, 3.63) is 71.8 Å². The Morgan fingerprint density at radius 1 is 1.00 bits per heavy atom. The fourth-order valence-electron chi connectivity index (χ4n) is 3.71. The van der Waals surface area contributed by atoms with Gasteiger partial charge in [0.15, 0.2) is 0 Å². The van der Waals surface area contributed by atoms with E-state index in [0.717, 1.165) is 29.4 Å². The normalized spacial score (nSPS) is 14.0. The molecule has 3 aromatic carbocycles. The highest BCUT2D eigenvalue weighted by Gasteiger charge is 2.16. The van der Waals surface area contributed by atoms with Gasteiger partial charge < -0.3 is 15.3 Å². The largest absolute Gasteiger partial charge is 0.508 e. The zero-order valence-corrected chi connectivity index (χ0v) is 15.9. The minimum absolute atomic E-state index is 0.0251. The monoisotopic (exact) mass is 383 g/mol. The lowest BCUT2D eigenvalue weighted by Gasteiger charge is -2.20. The summed E-state index contributed by atoms with van der Waals surface area (Å²) in [5.74, 6) is -0.366. The van der Waals surface area contributed by atoms with Gasteiger partial charge in [-0.3, -0.25) is 4.79 Å². The fraction of sp³-hybridized carbons (Fsp3) is 0.167. The third-order valence-corrected chi connectivity index (χ3v) is 5.17. The summed E-state index contributed by atoms with van der Waals surface area (Å²) in [6, 6.07) is 20.3. The molecule has 5 nitrogen and oxygen atoms in total. The summed E-state index contributed by atoms with van der Waals surface area (Å²) in [7, 11) is 0. The lowest BCUT2D eigenvalue weighted by atomic mass is 10.00. The molecule has 0 saturated carbocycles. The summed E-state index contributed by atoms with van der Waals surface area (Å²) >= 11 is 0. The van der Waals surface area contributed by atoms with Crippen molar-refractivity contribution in [2.45, 2.75) is 12.8 Å². The van der Waals surface area contributed by atoms with Crippen LogP contribution in [0, 0.1) is 11.3 Å². The van der Waals surface area contributed by atoms with E-state index >= 15 is 0 Å². The zero-order chi connectivity index (χ0) is 20.2. The van der Waals surface area contributed by atoms with Crippen LogP contribution in [-0.2, 0) is 4.79 Å². The SMILES string of the molecule is N#C/C(=C/c1ccc(N2CCCC2)c2ccccc12)C(=O)Nc1ccc(O)cc1. The molecule has 1 fully saturated rings. The molecule has 1 saturated heterocycles. The van der Waals surface area contributed by atoms with Crippen molar-refractivity contribution in [3.63, 3.8) is 0 Å². The molecular formula is C24H21N3O2. The summed E-state index contributed by atoms with van der Waals surface area (Å²) in [4.78, 5) is 15.0. The van der Waals surface area contributed by atoms with Gasteiger partial charge in [0.2, 0.25) is 0 Å². The third-order valence-electron chi connectivity index (χ3n) is 5.17. The highest BCUT2D eigenvalue weighted by atomic mass is 16.3. The molecule has 0 aliphatic carbocycles. The van der Waals surface area contributed by atoms with Gasteiger partial charge in [-0.1, -0.05) is 30.3 Å². The van der Waals surface area contributed by atoms with E-state index in [2.05, 4.69) is 22.3 Å². The van der Waals surface area contributed by atoms with E-state index in [9.17, 15) is 15.2 Å². The van der Waals surface area contributed by atoms with Crippen LogP contribution in [0.15, 0.2) is 66.2 Å². The standard InChI is InChI=1S/C24H21N3O2/c25-16-18(24(29)26-19-8-10-20(28)11-9-19)15-17-7-12-23(27-13-3-4-14-27)22-6-2-1-5-21(17)22/h1-2,5-12,15,28H,3-4,13-14H2,(H,26,29)/b18-15-. The van der Waals surface area contributed by atoms with Crippen molar-refractivity contribution in [1.82, 2.24) is 0 Å². The molecule has 0 bridgehead atoms. The summed E-state index contributed by atoms with van der Waals surface area (Å²) < 4.78 is 0. The van der Waals surface area contributed by atoms with E-state index in [1.807, 2.05) is 30.3 Å². The number of benzene rings is 3. The maximum Gasteiger partial charge on any atom is 0.266 e. The number of aromatic hydroxyl groups is 1. The number of rotatable bonds is 4. The molecule has 0 unspecified atom stereocenters. The third kappa shape index (κ3) is 3.92. The average molecular weight is 383 g/mol. The highest BCUT2D eigenvalue weighted by molar-refractivity contribution is 6.11. The number of phenolic OH excluding ortho intramolecular Hbond substituents is 1. The predicted octanol–water partition coefficient (Wildman–Crippen LogP) is 4.69. The Hall–Kier alpha value is -3.78. The maximum atomic E-state index is 12.6. The number of hydrogen-bond acceptors (Lipinski definition) is 4. The molecule has 2 N–H and O–H groups in total. The molecule has 0 radical (unpaired) electrons. The Kier molecular flexibility index (Phi) is 5.17. The van der Waals surface area contributed by atoms with Gasteiger partial charge >= 0.3 is 0 Å². The van der Waals surface area contributed by atoms with Crippen molar-refractivity contribution in [3.8, 4) is 11.8 Å². The topological polar surface area (TPSA) is 76.4 Å². The van der Waals surface area contributed by atoms with Crippen molar-refractivity contribution in [2.24, 2.45) is 0 Å². The quantitative estimate of drug-likeness (QED) is 0.389. The number of nitrogens with one attached hydrogen (secondary N) is 1. The Morgan fingerprint density at radius 2 is 1.69 bits per heavy atom. The van der Waals surface area contributed by atoms with Gasteiger partial charge in [-0.2, -0.15) is 5.26 Å². The minimum Gasteiger partial charge on any atom is -0.508 e. The molecule has 0 spiro atoms. The van der Waals surface area contributed by atoms with Crippen molar-refractivity contribution in [1.29, 1.82) is 5.26 Å². The van der Waals surface area contributed by atoms with Gasteiger partial charge in [-0.25, -0.2) is 0 Å². The molecule has 1 heterocycles. The molecule has 4 rings (SSSR count). The van der Waals surface area contributed by atoms with E-state index in [1.165, 1.54) is 30.7 Å². The first-order chi connectivity index (χ1) is 14.2. The Morgan fingerprint density at radius 3 is 2.38 bits per heavy atom. The van der Waals surface area contributed by atoms with E-state index < -0.39 is 5.91 Å². The molecule has 5 heteroatoms. The Bertz CT molecular complexity index is 1120. The molecule has 144 valence electrons. The van der Waals surface area contributed by atoms with E-state index in [4.69, 9.17) is 0 Å². The number of hydrogen-bond donors (Lipinski definition) is 2. The van der Waals surface area contributed by atoms with Crippen LogP contribution in [-0.4, -0.2) is 24.1 Å². The lowest BCUT2D eigenvalue weighted by Crippen LogP contribution is -2.17. The number of nitriles is 1. The van der Waals surface area contributed by atoms with Crippen molar-refractivity contribution in [2.75, 3.05) is 23.3 Å². The second-order valence-corrected chi connectivity index (χ2v) is 7.08. The smallest absolute Gasteiger partial charge is 0.266 e. The summed E-state index contributed by atoms with van der Waals surface area (Å²) in [5, 5.41) is 23.8. The van der Waals surface area contributed by atoms with Gasteiger partial charge in [0.05, 0.1) is 0 Å². The van der Waals surface area contributed by atoms with E-state index in [1.54, 1.807) is 18.2 Å². The van der Waals surface area contributed by atoms with Gasteiger partial charge in [0.1, 0.15) is 17.4 Å². The van der Waals surface area contributed by atoms with Crippen LogP contribution < -0.4 is 10.2 Å². The zero-order valence-electron chi connectivity index (χ0n) is 15.9. The Balaban J connectivity index is 1.68. The van der Waals surface area contributed by atoms with Crippen molar-refractivity contribution >= 4 is 34.1 Å². The number of nitrogens with zero attached hydrogens (tertiary/aromatic N) is 2. The first-order valence-electron chi connectivity index (χ1n) is 9.64. The number of phenols is 1. The van der Waals surface area contributed by atoms with Gasteiger partial charge in [0.25, 0.3) is 5.91 Å². The summed E-state index contributed by atoms with van der Waals surface area (Å²) in [6.07, 6.45) is 4.03. The fourth-order valence-corrected chi connectivity index (χ4v) is 3.71. The van der Waals surface area contributed by atoms with Crippen LogP contribution in [0.5, 0.6) is 5.75 Å². The van der Waals surface area contributed by atoms with Crippen LogP contribution in [0.2, 0.25) is 0 Å².